The van der Waals surface area contributed by atoms with E-state index in [4.69, 9.17) is 11.0 Å². The molecule has 106 valence electrons. The summed E-state index contributed by atoms with van der Waals surface area (Å²) in [4.78, 5) is 13.8. The number of nitriles is 1. The number of carbonyl (C=O) groups is 1. The molecule has 0 atom stereocenters. The predicted molar refractivity (Wildman–Crippen MR) is 77.8 cm³/mol. The first kappa shape index (κ1) is 14.5. The topological polar surface area (TPSA) is 70.1 Å². The minimum Gasteiger partial charge on any atom is -0.398 e. The summed E-state index contributed by atoms with van der Waals surface area (Å²) >= 11 is 0. The molecule has 2 rings (SSSR count). The van der Waals surface area contributed by atoms with Crippen LogP contribution in [0.4, 0.5) is 10.1 Å². The van der Waals surface area contributed by atoms with E-state index < -0.39 is 5.82 Å². The lowest BCUT2D eigenvalue weighted by Crippen LogP contribution is -2.27. The SMILES string of the molecule is CN(Cc1cccc(C#N)c1)C(=O)c1ccc(F)cc1N. The van der Waals surface area contributed by atoms with Crippen LogP contribution >= 0.6 is 0 Å². The molecule has 5 heteroatoms. The lowest BCUT2D eigenvalue weighted by atomic mass is 10.1. The molecule has 21 heavy (non-hydrogen) atoms. The van der Waals surface area contributed by atoms with Gasteiger partial charge in [0.25, 0.3) is 5.91 Å². The Labute approximate surface area is 122 Å². The van der Waals surface area contributed by atoms with Crippen LogP contribution in [0, 0.1) is 17.1 Å². The summed E-state index contributed by atoms with van der Waals surface area (Å²) in [7, 11) is 1.63. The first-order chi connectivity index (χ1) is 10.0. The zero-order valence-electron chi connectivity index (χ0n) is 11.5. The van der Waals surface area contributed by atoms with E-state index in [0.717, 1.165) is 11.6 Å². The number of benzene rings is 2. The number of nitrogens with two attached hydrogens (primary N) is 1. The molecule has 2 N–H and O–H groups in total. The Kier molecular flexibility index (Phi) is 4.19. The third-order valence-corrected chi connectivity index (χ3v) is 3.07. The molecule has 0 heterocycles. The molecule has 0 fully saturated rings. The van der Waals surface area contributed by atoms with Gasteiger partial charge in [0.2, 0.25) is 0 Å². The lowest BCUT2D eigenvalue weighted by molar-refractivity contribution is 0.0786. The van der Waals surface area contributed by atoms with Crippen molar-refractivity contribution in [2.75, 3.05) is 12.8 Å². The first-order valence-electron chi connectivity index (χ1n) is 6.31. The second-order valence-corrected chi connectivity index (χ2v) is 4.70. The molecule has 0 bridgehead atoms. The van der Waals surface area contributed by atoms with E-state index >= 15 is 0 Å². The zero-order valence-corrected chi connectivity index (χ0v) is 11.5. The maximum Gasteiger partial charge on any atom is 0.255 e. The third kappa shape index (κ3) is 3.37. The average molecular weight is 283 g/mol. The summed E-state index contributed by atoms with van der Waals surface area (Å²) in [5.74, 6) is -0.775. The van der Waals surface area contributed by atoms with Gasteiger partial charge in [-0.15, -0.1) is 0 Å². The van der Waals surface area contributed by atoms with Gasteiger partial charge in [-0.05, 0) is 35.9 Å². The van der Waals surface area contributed by atoms with Crippen molar-refractivity contribution < 1.29 is 9.18 Å². The number of hydrogen-bond donors (Lipinski definition) is 1. The van der Waals surface area contributed by atoms with E-state index in [1.165, 1.54) is 17.0 Å². The fourth-order valence-electron chi connectivity index (χ4n) is 2.02. The van der Waals surface area contributed by atoms with Crippen LogP contribution in [0.1, 0.15) is 21.5 Å². The molecule has 0 aliphatic heterocycles. The van der Waals surface area contributed by atoms with Gasteiger partial charge in [-0.25, -0.2) is 4.39 Å². The Morgan fingerprint density at radius 1 is 1.33 bits per heavy atom. The first-order valence-corrected chi connectivity index (χ1v) is 6.31. The van der Waals surface area contributed by atoms with Gasteiger partial charge < -0.3 is 10.6 Å². The maximum absolute atomic E-state index is 13.0. The van der Waals surface area contributed by atoms with Crippen molar-refractivity contribution >= 4 is 11.6 Å². The van der Waals surface area contributed by atoms with Crippen LogP contribution in [-0.4, -0.2) is 17.9 Å². The maximum atomic E-state index is 13.0. The molecule has 0 aliphatic rings. The highest BCUT2D eigenvalue weighted by Crippen LogP contribution is 2.16. The molecule has 2 aromatic carbocycles. The molecule has 0 spiro atoms. The second-order valence-electron chi connectivity index (χ2n) is 4.70. The van der Waals surface area contributed by atoms with Gasteiger partial charge in [0.15, 0.2) is 0 Å². The van der Waals surface area contributed by atoms with E-state index in [9.17, 15) is 9.18 Å². The number of hydrogen-bond acceptors (Lipinski definition) is 3. The molecule has 0 aromatic heterocycles. The van der Waals surface area contributed by atoms with Crippen molar-refractivity contribution in [2.24, 2.45) is 0 Å². The van der Waals surface area contributed by atoms with Crippen LogP contribution in [0.15, 0.2) is 42.5 Å². The van der Waals surface area contributed by atoms with Crippen LogP contribution in [0.5, 0.6) is 0 Å². The molecule has 4 nitrogen and oxygen atoms in total. The number of carbonyl (C=O) groups excluding carboxylic acids is 1. The summed E-state index contributed by atoms with van der Waals surface area (Å²) < 4.78 is 13.0. The van der Waals surface area contributed by atoms with Crippen LogP contribution in [0.25, 0.3) is 0 Å². The molecule has 0 unspecified atom stereocenters. The van der Waals surface area contributed by atoms with Crippen molar-refractivity contribution in [1.29, 1.82) is 5.26 Å². The quantitative estimate of drug-likeness (QED) is 0.880. The predicted octanol–water partition coefficient (Wildman–Crippen LogP) is 2.55. The molecule has 0 radical (unpaired) electrons. The smallest absolute Gasteiger partial charge is 0.255 e. The van der Waals surface area contributed by atoms with Gasteiger partial charge in [0.1, 0.15) is 5.82 Å². The Bertz CT molecular complexity index is 722. The molecule has 1 amide bonds. The molecule has 0 aliphatic carbocycles. The number of halogens is 1. The monoisotopic (exact) mass is 283 g/mol. The average Bonchev–Trinajstić information content (AvgIpc) is 2.46. The van der Waals surface area contributed by atoms with E-state index in [0.29, 0.717) is 12.1 Å². The minimum atomic E-state index is -0.478. The van der Waals surface area contributed by atoms with E-state index in [1.54, 1.807) is 25.2 Å². The molecular formula is C16H14FN3O. The van der Waals surface area contributed by atoms with Gasteiger partial charge in [-0.1, -0.05) is 12.1 Å². The molecule has 0 saturated carbocycles. The Morgan fingerprint density at radius 3 is 2.76 bits per heavy atom. The summed E-state index contributed by atoms with van der Waals surface area (Å²) in [6.07, 6.45) is 0. The standard InChI is InChI=1S/C16H14FN3O/c1-20(10-12-4-2-3-11(7-12)9-18)16(21)14-6-5-13(17)8-15(14)19/h2-8H,10,19H2,1H3. The van der Waals surface area contributed by atoms with Crippen LogP contribution in [-0.2, 0) is 6.54 Å². The Morgan fingerprint density at radius 2 is 2.10 bits per heavy atom. The van der Waals surface area contributed by atoms with Crippen LogP contribution < -0.4 is 5.73 Å². The highest BCUT2D eigenvalue weighted by Gasteiger charge is 2.15. The molecule has 0 saturated heterocycles. The zero-order chi connectivity index (χ0) is 15.4. The van der Waals surface area contributed by atoms with Crippen LogP contribution in [0.2, 0.25) is 0 Å². The minimum absolute atomic E-state index is 0.109. The van der Waals surface area contributed by atoms with E-state index in [-0.39, 0.29) is 17.2 Å². The van der Waals surface area contributed by atoms with E-state index in [1.807, 2.05) is 6.07 Å². The Balaban J connectivity index is 2.17. The van der Waals surface area contributed by atoms with Gasteiger partial charge in [-0.2, -0.15) is 5.26 Å². The van der Waals surface area contributed by atoms with Crippen molar-refractivity contribution in [2.45, 2.75) is 6.54 Å². The largest absolute Gasteiger partial charge is 0.398 e. The van der Waals surface area contributed by atoms with Gasteiger partial charge in [0, 0.05) is 19.3 Å². The summed E-state index contributed by atoms with van der Waals surface area (Å²) in [6.45, 7) is 0.338. The van der Waals surface area contributed by atoms with Gasteiger partial charge >= 0.3 is 0 Å². The number of amides is 1. The van der Waals surface area contributed by atoms with Gasteiger partial charge in [-0.3, -0.25) is 4.79 Å². The van der Waals surface area contributed by atoms with Crippen molar-refractivity contribution in [1.82, 2.24) is 4.90 Å². The summed E-state index contributed by atoms with van der Waals surface area (Å²) in [5, 5.41) is 8.86. The third-order valence-electron chi connectivity index (χ3n) is 3.07. The fourth-order valence-corrected chi connectivity index (χ4v) is 2.02. The Hall–Kier alpha value is -2.87. The van der Waals surface area contributed by atoms with E-state index in [2.05, 4.69) is 6.07 Å². The normalized spacial score (nSPS) is 9.95. The molecular weight excluding hydrogens is 269 g/mol. The van der Waals surface area contributed by atoms with Crippen molar-refractivity contribution in [3.8, 4) is 6.07 Å². The highest BCUT2D eigenvalue weighted by atomic mass is 19.1. The van der Waals surface area contributed by atoms with Crippen molar-refractivity contribution in [3.05, 3.63) is 65.0 Å². The van der Waals surface area contributed by atoms with Crippen LogP contribution in [0.3, 0.4) is 0 Å². The number of nitrogens with zero attached hydrogens (tertiary/aromatic N) is 2. The van der Waals surface area contributed by atoms with Gasteiger partial charge in [0.05, 0.1) is 17.2 Å². The fraction of sp³-hybridized carbons (Fsp3) is 0.125. The summed E-state index contributed by atoms with van der Waals surface area (Å²) in [6, 6.07) is 12.8. The highest BCUT2D eigenvalue weighted by molar-refractivity contribution is 5.98. The summed E-state index contributed by atoms with van der Waals surface area (Å²) in [5.41, 5.74) is 7.41. The lowest BCUT2D eigenvalue weighted by Gasteiger charge is -2.18. The number of anilines is 1. The molecule has 2 aromatic rings. The number of rotatable bonds is 3. The number of nitrogen functional groups attached to an aromatic ring is 1. The van der Waals surface area contributed by atoms with Crippen molar-refractivity contribution in [3.63, 3.8) is 0 Å². The second kappa shape index (κ2) is 6.06.